The smallest absolute Gasteiger partial charge is 1.00 e. The summed E-state index contributed by atoms with van der Waals surface area (Å²) in [6.45, 7) is 3.08. The predicted molar refractivity (Wildman–Crippen MR) is 449 cm³/mol. The number of carbonyl (C=O) groups excluding carboxylic acids is 1. The molecule has 0 radical (unpaired) electrons. The van der Waals surface area contributed by atoms with E-state index in [0.717, 1.165) is 110 Å². The number of phenolic OH excluding ortho intramolecular Hbond substituents is 1. The Morgan fingerprint density at radius 1 is 0.440 bits per heavy atom. The molecule has 0 saturated carbocycles. The van der Waals surface area contributed by atoms with Crippen LogP contribution in [0.2, 0.25) is 0 Å². The summed E-state index contributed by atoms with van der Waals surface area (Å²) >= 11 is 0. The number of benzene rings is 8. The molecule has 0 spiro atoms. The fourth-order valence-corrected chi connectivity index (χ4v) is 18.5. The molecule has 10 bridgehead atoms. The number of ether oxygens (including phenoxy) is 4. The van der Waals surface area contributed by atoms with E-state index in [2.05, 4.69) is 171 Å². The average molecular weight is 1560 g/mol. The van der Waals surface area contributed by atoms with Crippen LogP contribution in [0, 0.1) is 6.07 Å². The van der Waals surface area contributed by atoms with Gasteiger partial charge in [0.05, 0.1) is 34.0 Å². The van der Waals surface area contributed by atoms with Crippen LogP contribution in [0.5, 0.6) is 28.7 Å². The Labute approximate surface area is 683 Å². The zero-order valence-electron chi connectivity index (χ0n) is 61.6. The molecule has 0 aliphatic carbocycles. The number of hydrogen-bond acceptors (Lipinski definition) is 12. The molecule has 109 heavy (non-hydrogen) atoms. The zero-order valence-corrected chi connectivity index (χ0v) is 64.6. The van der Waals surface area contributed by atoms with Gasteiger partial charge in [-0.05, 0) is 214 Å². The van der Waals surface area contributed by atoms with E-state index in [1.807, 2.05) is 66.7 Å². The van der Waals surface area contributed by atoms with Gasteiger partial charge in [0, 0.05) is 98.6 Å². The number of rotatable bonds is 14. The number of Topliss-reactive ketones (excluding diaryl/α,β-unsaturated/α-hetero) is 1. The summed E-state index contributed by atoms with van der Waals surface area (Å²) in [7, 11) is 6.80. The van der Waals surface area contributed by atoms with Gasteiger partial charge < -0.3 is 56.8 Å². The first-order valence-corrected chi connectivity index (χ1v) is 38.0. The van der Waals surface area contributed by atoms with Crippen LogP contribution >= 0.6 is 0 Å². The van der Waals surface area contributed by atoms with E-state index in [-0.39, 0.29) is 77.2 Å². The SMILES string of the molecule is C.C.C.C.C.COc1c[c-]ccc1.COc1cccc(C2(O)CC3CCC(C2)N3Cc2ccccc2)c1.COc1cccc(C2=CC3CCC(C2)N3Cc2ccccc2)c1.COc1cccc(C2C[C@H]3CC[C@@H](C2)N3)c1.O=C1CC2CCC(C1)N2Cc1ccccc1.Oc1cccc(C2C[C@H]3CC[C@@H](C2)N3)c1.[Br-].[Mg+2]. The van der Waals surface area contributed by atoms with E-state index in [9.17, 15) is 15.0 Å². The average Bonchev–Trinajstić information content (AvgIpc) is 1.67. The van der Waals surface area contributed by atoms with Crippen molar-refractivity contribution in [3.8, 4) is 28.7 Å². The molecular formula is C95H128BrMgN5O7. The number of halogens is 1. The molecule has 8 unspecified atom stereocenters. The van der Waals surface area contributed by atoms with E-state index < -0.39 is 5.60 Å². The molecule has 18 rings (SSSR count). The van der Waals surface area contributed by atoms with Crippen LogP contribution in [0.3, 0.4) is 0 Å². The van der Waals surface area contributed by atoms with Crippen molar-refractivity contribution in [2.45, 2.75) is 257 Å². The molecular weight excluding hydrogens is 1430 g/mol. The largest absolute Gasteiger partial charge is 2.00 e. The maximum atomic E-state index is 11.5. The Hall–Kier alpha value is -6.82. The molecule has 10 aliphatic rings. The fourth-order valence-electron chi connectivity index (χ4n) is 18.5. The molecule has 8 aromatic rings. The van der Waals surface area contributed by atoms with Crippen molar-refractivity contribution in [3.63, 3.8) is 0 Å². The molecule has 584 valence electrons. The number of piperidine rings is 4. The Morgan fingerprint density at radius 2 is 0.853 bits per heavy atom. The van der Waals surface area contributed by atoms with Gasteiger partial charge in [-0.1, -0.05) is 183 Å². The summed E-state index contributed by atoms with van der Waals surface area (Å²) in [4.78, 5) is 19.3. The van der Waals surface area contributed by atoms with Crippen LogP contribution in [-0.4, -0.2) is 143 Å². The maximum absolute atomic E-state index is 11.5. The summed E-state index contributed by atoms with van der Waals surface area (Å²) in [5, 5.41) is 28.2. The third kappa shape index (κ3) is 24.3. The van der Waals surface area contributed by atoms with Crippen LogP contribution in [0.15, 0.2) is 218 Å². The number of nitrogens with one attached hydrogen (secondary N) is 2. The second kappa shape index (κ2) is 44.4. The van der Waals surface area contributed by atoms with Gasteiger partial charge in [-0.15, -0.1) is 12.1 Å². The number of methoxy groups -OCH3 is 4. The van der Waals surface area contributed by atoms with Gasteiger partial charge in [0.1, 0.15) is 28.8 Å². The number of aliphatic hydroxyl groups is 1. The van der Waals surface area contributed by atoms with Crippen molar-refractivity contribution < 1.29 is 50.9 Å². The van der Waals surface area contributed by atoms with Gasteiger partial charge in [0.15, 0.2) is 0 Å². The van der Waals surface area contributed by atoms with Gasteiger partial charge in [0.25, 0.3) is 0 Å². The topological polar surface area (TPSA) is 128 Å². The Kier molecular flexibility index (Phi) is 37.1. The minimum absolute atomic E-state index is 0. The summed E-state index contributed by atoms with van der Waals surface area (Å²) < 4.78 is 20.9. The van der Waals surface area contributed by atoms with E-state index >= 15 is 0 Å². The van der Waals surface area contributed by atoms with Crippen molar-refractivity contribution >= 4 is 34.4 Å². The van der Waals surface area contributed by atoms with Crippen LogP contribution in [0.1, 0.15) is 210 Å². The number of hydrogen-bond donors (Lipinski definition) is 4. The predicted octanol–water partition coefficient (Wildman–Crippen LogP) is 17.0. The van der Waals surface area contributed by atoms with E-state index in [4.69, 9.17) is 18.9 Å². The van der Waals surface area contributed by atoms with Crippen molar-refractivity contribution in [1.29, 1.82) is 0 Å². The van der Waals surface area contributed by atoms with Crippen LogP contribution in [0.4, 0.5) is 0 Å². The van der Waals surface area contributed by atoms with Gasteiger partial charge in [0.2, 0.25) is 0 Å². The molecule has 12 atom stereocenters. The molecule has 4 N–H and O–H groups in total. The second-order valence-corrected chi connectivity index (χ2v) is 30.2. The molecule has 10 heterocycles. The van der Waals surface area contributed by atoms with Crippen molar-refractivity contribution in [1.82, 2.24) is 25.3 Å². The maximum Gasteiger partial charge on any atom is 2.00 e. The summed E-state index contributed by atoms with van der Waals surface area (Å²) in [5.41, 5.74) is 10.00. The van der Waals surface area contributed by atoms with E-state index in [1.165, 1.54) is 129 Å². The number of carbonyl (C=O) groups is 1. The van der Waals surface area contributed by atoms with Crippen LogP contribution in [-0.2, 0) is 30.0 Å². The first kappa shape index (κ1) is 91.1. The minimum atomic E-state index is -0.729. The third-order valence-electron chi connectivity index (χ3n) is 23.6. The van der Waals surface area contributed by atoms with Crippen LogP contribution in [0.25, 0.3) is 5.57 Å². The number of ketones is 1. The number of fused-ring (bicyclic) bond motifs is 10. The summed E-state index contributed by atoms with van der Waals surface area (Å²) in [6, 6.07) is 81.3. The standard InChI is InChI=1S/C21H25NO2.C21H23NO.C14H19NO.C14H17NO.C13H17NO.C7H7O.5CH4.BrH.Mg/c1-24-20-9-5-8-17(12-20)21(23)13-18-10-11-19(14-21)22(18)15-16-6-3-2-4-7-16;1-23-21-9-5-8-17(14-21)18-12-19-10-11-20(13-18)22(19)15-16-6-3-2-4-7-16;1-16-14-4-2-3-10(9-14)11-7-12-5-6-13(8-11)15-12;16-14-8-12-6-7-13(9-14)15(12)10-11-4-2-1-3-5-11;15-13-3-1-2-9(8-13)10-6-11-4-5-12(7-10)14-11;1-8-7-5-3-2-4-6-7;;;;;;;/h2-9,12,18-19,23H,10-11,13-15H2,1H3;2-9,12,14,19-20H,10-11,13,15H2,1H3;2-4,9,11-13,15H,5-8H2,1H3;1-5,12-13H,6-10H2;1-3,8,10-12,14-15H,4-7H2;2-3,5-6H,1H3;5*1H4;1H;/q;;;;;-1;;;;;;;+2/p-1/t;;11?,12-,13+;;10?,11-,12+;;;;;;;;. The molecule has 12 nitrogen and oxygen atoms in total. The van der Waals surface area contributed by atoms with Crippen LogP contribution < -0.4 is 46.6 Å². The zero-order chi connectivity index (χ0) is 70.2. The molecule has 10 aliphatic heterocycles. The first-order valence-electron chi connectivity index (χ1n) is 38.0. The molecule has 9 saturated heterocycles. The minimum Gasteiger partial charge on any atom is -1.00 e. The summed E-state index contributed by atoms with van der Waals surface area (Å²) in [5.74, 6) is 5.86. The summed E-state index contributed by atoms with van der Waals surface area (Å²) in [6.07, 6.45) is 24.7. The Morgan fingerprint density at radius 3 is 1.32 bits per heavy atom. The van der Waals surface area contributed by atoms with Gasteiger partial charge in [-0.3, -0.25) is 19.5 Å². The number of phenols is 1. The monoisotopic (exact) mass is 1550 g/mol. The van der Waals surface area contributed by atoms with E-state index in [0.29, 0.717) is 53.7 Å². The van der Waals surface area contributed by atoms with Gasteiger partial charge in [-0.25, -0.2) is 0 Å². The first-order chi connectivity index (χ1) is 49.9. The quantitative estimate of drug-likeness (QED) is 0.0611. The van der Waals surface area contributed by atoms with Crippen molar-refractivity contribution in [2.75, 3.05) is 28.4 Å². The normalized spacial score (nSPS) is 26.0. The number of aromatic hydroxyl groups is 1. The second-order valence-electron chi connectivity index (χ2n) is 30.2. The van der Waals surface area contributed by atoms with E-state index in [1.54, 1.807) is 40.6 Å². The van der Waals surface area contributed by atoms with Crippen molar-refractivity contribution in [3.05, 3.63) is 263 Å². The Bertz CT molecular complexity index is 3910. The third-order valence-corrected chi connectivity index (χ3v) is 23.6. The van der Waals surface area contributed by atoms with Gasteiger partial charge >= 0.3 is 23.1 Å². The van der Waals surface area contributed by atoms with Gasteiger partial charge in [-0.2, -0.15) is 18.2 Å². The molecule has 9 fully saturated rings. The Balaban J connectivity index is 0.000000206. The fraction of sp³-hybridized carbons (Fsp3) is 0.463. The molecule has 8 aromatic carbocycles. The molecule has 14 heteroatoms. The molecule has 0 aromatic heterocycles. The van der Waals surface area contributed by atoms with Crippen molar-refractivity contribution in [2.24, 2.45) is 0 Å². The molecule has 0 amide bonds. The number of nitrogens with zero attached hydrogens (tertiary/aromatic N) is 3.